The van der Waals surface area contributed by atoms with Crippen molar-refractivity contribution in [2.24, 2.45) is 0 Å². The summed E-state index contributed by atoms with van der Waals surface area (Å²) in [5.41, 5.74) is 0.885. The topological polar surface area (TPSA) is 86.8 Å². The number of benzene rings is 2. The summed E-state index contributed by atoms with van der Waals surface area (Å²) in [6.45, 7) is 7.72. The third-order valence-electron chi connectivity index (χ3n) is 5.18. The molecule has 0 bridgehead atoms. The first-order chi connectivity index (χ1) is 16.2. The Labute approximate surface area is 222 Å². The van der Waals surface area contributed by atoms with Crippen molar-refractivity contribution in [2.75, 3.05) is 17.1 Å². The molecule has 2 aromatic carbocycles. The highest BCUT2D eigenvalue weighted by Crippen LogP contribution is 2.23. The molecule has 0 radical (unpaired) electrons. The molecule has 192 valence electrons. The molecule has 0 aliphatic rings. The zero-order valence-electron chi connectivity index (χ0n) is 20.7. The third kappa shape index (κ3) is 9.46. The molecule has 0 unspecified atom stereocenters. The van der Waals surface area contributed by atoms with Crippen LogP contribution in [-0.4, -0.2) is 49.5 Å². The molecule has 2 amide bonds. The Kier molecular flexibility index (Phi) is 10.2. The van der Waals surface area contributed by atoms with E-state index in [0.717, 1.165) is 16.3 Å². The zero-order chi connectivity index (χ0) is 26.4. The number of nitrogens with one attached hydrogen (secondary N) is 1. The van der Waals surface area contributed by atoms with Gasteiger partial charge in [-0.05, 0) is 70.0 Å². The summed E-state index contributed by atoms with van der Waals surface area (Å²) in [6, 6.07) is 13.4. The number of sulfonamides is 1. The van der Waals surface area contributed by atoms with Crippen molar-refractivity contribution in [3.05, 3.63) is 63.6 Å². The number of nitrogens with zero attached hydrogens (tertiary/aromatic N) is 2. The lowest BCUT2D eigenvalue weighted by molar-refractivity contribution is -0.141. The van der Waals surface area contributed by atoms with E-state index < -0.39 is 21.6 Å². The molecule has 2 rings (SSSR count). The lowest BCUT2D eigenvalue weighted by Crippen LogP contribution is -2.52. The van der Waals surface area contributed by atoms with Crippen LogP contribution in [0.1, 0.15) is 46.1 Å². The van der Waals surface area contributed by atoms with Crippen molar-refractivity contribution in [2.45, 2.75) is 58.7 Å². The van der Waals surface area contributed by atoms with Crippen LogP contribution in [0.5, 0.6) is 0 Å². The van der Waals surface area contributed by atoms with Crippen LogP contribution in [0.2, 0.25) is 5.02 Å². The number of hydrogen-bond donors (Lipinski definition) is 1. The molecule has 0 saturated carbocycles. The van der Waals surface area contributed by atoms with Gasteiger partial charge in [0.15, 0.2) is 0 Å². The fourth-order valence-electron chi connectivity index (χ4n) is 3.48. The molecule has 0 saturated heterocycles. The highest BCUT2D eigenvalue weighted by molar-refractivity contribution is 9.10. The standard InChI is InChI=1S/C25H33BrClN3O4S/c1-18(24(32)28-25(2,3)4)29(17-19-11-13-20(26)14-12-19)23(31)10-7-15-30(35(5,33)34)22-9-6-8-21(27)16-22/h6,8-9,11-14,16,18H,7,10,15,17H2,1-5H3,(H,28,32)/t18-/m1/s1. The largest absolute Gasteiger partial charge is 0.350 e. The van der Waals surface area contributed by atoms with Crippen molar-refractivity contribution in [1.82, 2.24) is 10.2 Å². The first-order valence-corrected chi connectivity index (χ1v) is 14.3. The Bertz CT molecular complexity index is 1130. The van der Waals surface area contributed by atoms with Gasteiger partial charge in [-0.2, -0.15) is 0 Å². The Morgan fingerprint density at radius 3 is 2.29 bits per heavy atom. The van der Waals surface area contributed by atoms with Crippen LogP contribution in [0.15, 0.2) is 53.0 Å². The average molecular weight is 587 g/mol. The average Bonchev–Trinajstić information content (AvgIpc) is 2.73. The number of rotatable bonds is 10. The number of hydrogen-bond acceptors (Lipinski definition) is 4. The molecule has 0 aliphatic heterocycles. The minimum atomic E-state index is -3.57. The van der Waals surface area contributed by atoms with Gasteiger partial charge in [0, 0.05) is 34.5 Å². The van der Waals surface area contributed by atoms with Gasteiger partial charge in [0.05, 0.1) is 11.9 Å². The van der Waals surface area contributed by atoms with Gasteiger partial charge in [0.25, 0.3) is 0 Å². The quantitative estimate of drug-likeness (QED) is 0.425. The highest BCUT2D eigenvalue weighted by Gasteiger charge is 2.28. The number of carbonyl (C=O) groups is 2. The van der Waals surface area contributed by atoms with E-state index in [1.807, 2.05) is 45.0 Å². The summed E-state index contributed by atoms with van der Waals surface area (Å²) in [6.07, 6.45) is 1.48. The minimum Gasteiger partial charge on any atom is -0.350 e. The first-order valence-electron chi connectivity index (χ1n) is 11.3. The molecular weight excluding hydrogens is 554 g/mol. The van der Waals surface area contributed by atoms with Crippen LogP contribution in [0.3, 0.4) is 0 Å². The fourth-order valence-corrected chi connectivity index (χ4v) is 4.88. The third-order valence-corrected chi connectivity index (χ3v) is 7.14. The predicted octanol–water partition coefficient (Wildman–Crippen LogP) is 4.98. The minimum absolute atomic E-state index is 0.0796. The van der Waals surface area contributed by atoms with Crippen molar-refractivity contribution < 1.29 is 18.0 Å². The summed E-state index contributed by atoms with van der Waals surface area (Å²) in [4.78, 5) is 27.7. The SMILES string of the molecule is C[C@H](C(=O)NC(C)(C)C)N(Cc1ccc(Br)cc1)C(=O)CCCN(c1cccc(Cl)c1)S(C)(=O)=O. The van der Waals surface area contributed by atoms with Crippen molar-refractivity contribution in [3.63, 3.8) is 0 Å². The van der Waals surface area contributed by atoms with E-state index in [2.05, 4.69) is 21.2 Å². The van der Waals surface area contributed by atoms with Gasteiger partial charge in [-0.3, -0.25) is 13.9 Å². The maximum atomic E-state index is 13.3. The second kappa shape index (κ2) is 12.2. The predicted molar refractivity (Wildman–Crippen MR) is 145 cm³/mol. The number of carbonyl (C=O) groups excluding carboxylic acids is 2. The van der Waals surface area contributed by atoms with E-state index in [-0.39, 0.29) is 37.7 Å². The summed E-state index contributed by atoms with van der Waals surface area (Å²) in [5.74, 6) is -0.483. The molecule has 1 N–H and O–H groups in total. The molecule has 35 heavy (non-hydrogen) atoms. The molecule has 1 atom stereocenters. The normalized spacial score (nSPS) is 12.7. The Hall–Kier alpha value is -2.10. The Morgan fingerprint density at radius 2 is 1.74 bits per heavy atom. The lowest BCUT2D eigenvalue weighted by atomic mass is 10.1. The molecule has 0 fully saturated rings. The maximum Gasteiger partial charge on any atom is 0.242 e. The second-order valence-electron chi connectivity index (χ2n) is 9.48. The van der Waals surface area contributed by atoms with Crippen LogP contribution in [0, 0.1) is 0 Å². The molecule has 0 heterocycles. The van der Waals surface area contributed by atoms with Crippen LogP contribution in [-0.2, 0) is 26.2 Å². The Morgan fingerprint density at radius 1 is 1.11 bits per heavy atom. The molecule has 0 spiro atoms. The van der Waals surface area contributed by atoms with Gasteiger partial charge < -0.3 is 10.2 Å². The highest BCUT2D eigenvalue weighted by atomic mass is 79.9. The van der Waals surface area contributed by atoms with Gasteiger partial charge in [0.2, 0.25) is 21.8 Å². The van der Waals surface area contributed by atoms with Crippen LogP contribution in [0.4, 0.5) is 5.69 Å². The fraction of sp³-hybridized carbons (Fsp3) is 0.440. The monoisotopic (exact) mass is 585 g/mol. The molecule has 0 aromatic heterocycles. The van der Waals surface area contributed by atoms with E-state index >= 15 is 0 Å². The summed E-state index contributed by atoms with van der Waals surface area (Å²) >= 11 is 9.45. The van der Waals surface area contributed by atoms with Gasteiger partial charge in [0.1, 0.15) is 6.04 Å². The number of amides is 2. The van der Waals surface area contributed by atoms with E-state index in [0.29, 0.717) is 10.7 Å². The van der Waals surface area contributed by atoms with Crippen molar-refractivity contribution in [3.8, 4) is 0 Å². The first kappa shape index (κ1) is 29.1. The summed E-state index contributed by atoms with van der Waals surface area (Å²) in [7, 11) is -3.57. The second-order valence-corrected chi connectivity index (χ2v) is 12.7. The van der Waals surface area contributed by atoms with Gasteiger partial charge in [-0.15, -0.1) is 0 Å². The molecule has 0 aliphatic carbocycles. The summed E-state index contributed by atoms with van der Waals surface area (Å²) < 4.78 is 26.9. The number of halogens is 2. The zero-order valence-corrected chi connectivity index (χ0v) is 23.9. The smallest absolute Gasteiger partial charge is 0.242 e. The van der Waals surface area contributed by atoms with E-state index in [4.69, 9.17) is 11.6 Å². The van der Waals surface area contributed by atoms with E-state index in [9.17, 15) is 18.0 Å². The molecular formula is C25H33BrClN3O4S. The van der Waals surface area contributed by atoms with Crippen molar-refractivity contribution >= 4 is 55.1 Å². The molecule has 2 aromatic rings. The molecule has 7 nitrogen and oxygen atoms in total. The van der Waals surface area contributed by atoms with Crippen LogP contribution in [0.25, 0.3) is 0 Å². The van der Waals surface area contributed by atoms with Crippen LogP contribution >= 0.6 is 27.5 Å². The van der Waals surface area contributed by atoms with E-state index in [1.165, 1.54) is 9.21 Å². The van der Waals surface area contributed by atoms with Crippen molar-refractivity contribution in [1.29, 1.82) is 0 Å². The van der Waals surface area contributed by atoms with E-state index in [1.54, 1.807) is 31.2 Å². The summed E-state index contributed by atoms with van der Waals surface area (Å²) in [5, 5.41) is 3.35. The molecule has 10 heteroatoms. The maximum absolute atomic E-state index is 13.3. The van der Waals surface area contributed by atoms with Gasteiger partial charge >= 0.3 is 0 Å². The Balaban J connectivity index is 2.18. The van der Waals surface area contributed by atoms with Gasteiger partial charge in [-0.1, -0.05) is 45.7 Å². The van der Waals surface area contributed by atoms with Crippen LogP contribution < -0.4 is 9.62 Å². The lowest BCUT2D eigenvalue weighted by Gasteiger charge is -2.32. The number of anilines is 1. The van der Waals surface area contributed by atoms with Gasteiger partial charge in [-0.25, -0.2) is 8.42 Å².